The molecule has 0 aromatic heterocycles. The number of aryl methyl sites for hydroxylation is 1. The summed E-state index contributed by atoms with van der Waals surface area (Å²) in [5.74, 6) is 0.813. The van der Waals surface area contributed by atoms with Gasteiger partial charge in [-0.05, 0) is 37.8 Å². The molecule has 0 heterocycles. The first-order valence-corrected chi connectivity index (χ1v) is 7.73. The second-order valence-electron chi connectivity index (χ2n) is 4.42. The Labute approximate surface area is 107 Å². The minimum absolute atomic E-state index is 0.247. The van der Waals surface area contributed by atoms with Crippen molar-refractivity contribution in [2.24, 2.45) is 5.73 Å². The van der Waals surface area contributed by atoms with Crippen molar-refractivity contribution in [3.8, 4) is 0 Å². The van der Waals surface area contributed by atoms with Gasteiger partial charge in [-0.1, -0.05) is 37.3 Å². The minimum Gasteiger partial charge on any atom is -0.330 e. The Hall–Kier alpha value is -0.670. The average Bonchev–Trinajstić information content (AvgIpc) is 2.36. The molecule has 0 amide bonds. The normalized spacial score (nSPS) is 14.5. The number of hydrogen-bond acceptors (Lipinski definition) is 2. The summed E-state index contributed by atoms with van der Waals surface area (Å²) in [7, 11) is -0.703. The number of hydrogen-bond donors (Lipinski definition) is 1. The maximum absolute atomic E-state index is 11.8. The lowest BCUT2D eigenvalue weighted by Gasteiger charge is -2.09. The highest BCUT2D eigenvalue weighted by Gasteiger charge is 2.09. The summed E-state index contributed by atoms with van der Waals surface area (Å²) < 4.78 is 11.8. The van der Waals surface area contributed by atoms with Crippen molar-refractivity contribution in [2.75, 3.05) is 12.3 Å². The molecule has 0 aliphatic carbocycles. The van der Waals surface area contributed by atoms with Gasteiger partial charge < -0.3 is 5.73 Å². The van der Waals surface area contributed by atoms with Crippen LogP contribution >= 0.6 is 0 Å². The van der Waals surface area contributed by atoms with E-state index in [0.29, 0.717) is 6.54 Å². The average molecular weight is 253 g/mol. The molecular weight excluding hydrogens is 230 g/mol. The number of benzene rings is 1. The Balaban J connectivity index is 2.14. The van der Waals surface area contributed by atoms with Crippen LogP contribution in [-0.4, -0.2) is 21.8 Å². The Bertz CT molecular complexity index is 326. The largest absolute Gasteiger partial charge is 0.330 e. The van der Waals surface area contributed by atoms with Gasteiger partial charge in [0, 0.05) is 21.8 Å². The van der Waals surface area contributed by atoms with Gasteiger partial charge in [0.2, 0.25) is 0 Å². The van der Waals surface area contributed by atoms with E-state index in [9.17, 15) is 4.21 Å². The third kappa shape index (κ3) is 5.99. The molecule has 1 rings (SSSR count). The summed E-state index contributed by atoms with van der Waals surface area (Å²) >= 11 is 0. The molecule has 3 heteroatoms. The van der Waals surface area contributed by atoms with E-state index in [1.807, 2.05) is 13.0 Å². The fourth-order valence-electron chi connectivity index (χ4n) is 1.79. The van der Waals surface area contributed by atoms with Gasteiger partial charge in [0.15, 0.2) is 0 Å². The van der Waals surface area contributed by atoms with Gasteiger partial charge in [0.1, 0.15) is 0 Å². The van der Waals surface area contributed by atoms with Crippen molar-refractivity contribution < 1.29 is 4.21 Å². The maximum atomic E-state index is 11.8. The molecule has 0 saturated heterocycles. The van der Waals surface area contributed by atoms with Crippen molar-refractivity contribution in [1.29, 1.82) is 0 Å². The van der Waals surface area contributed by atoms with Crippen LogP contribution in [0.25, 0.3) is 0 Å². The molecule has 0 aliphatic heterocycles. The van der Waals surface area contributed by atoms with Crippen molar-refractivity contribution in [3.05, 3.63) is 35.9 Å². The van der Waals surface area contributed by atoms with E-state index in [0.717, 1.165) is 31.4 Å². The molecule has 0 radical (unpaired) electrons. The third-order valence-corrected chi connectivity index (χ3v) is 4.75. The summed E-state index contributed by atoms with van der Waals surface area (Å²) in [4.78, 5) is 0. The number of unbranched alkanes of at least 4 members (excludes halogenated alkanes) is 1. The lowest BCUT2D eigenvalue weighted by atomic mass is 10.1. The fourth-order valence-corrected chi connectivity index (χ4v) is 3.08. The molecule has 96 valence electrons. The number of rotatable bonds is 8. The van der Waals surface area contributed by atoms with E-state index in [1.54, 1.807) is 0 Å². The van der Waals surface area contributed by atoms with Crippen LogP contribution in [-0.2, 0) is 17.2 Å². The van der Waals surface area contributed by atoms with Gasteiger partial charge >= 0.3 is 0 Å². The van der Waals surface area contributed by atoms with Crippen molar-refractivity contribution >= 4 is 10.8 Å². The molecule has 2 atom stereocenters. The van der Waals surface area contributed by atoms with Gasteiger partial charge in [-0.2, -0.15) is 0 Å². The molecule has 0 fully saturated rings. The molecular formula is C14H23NOS. The van der Waals surface area contributed by atoms with Gasteiger partial charge in [-0.3, -0.25) is 4.21 Å². The maximum Gasteiger partial charge on any atom is 0.0331 e. The molecule has 17 heavy (non-hydrogen) atoms. The molecule has 0 bridgehead atoms. The molecule has 2 nitrogen and oxygen atoms in total. The predicted molar refractivity (Wildman–Crippen MR) is 75.5 cm³/mol. The quantitative estimate of drug-likeness (QED) is 0.723. The first-order chi connectivity index (χ1) is 8.24. The topological polar surface area (TPSA) is 43.1 Å². The van der Waals surface area contributed by atoms with Crippen LogP contribution in [0.4, 0.5) is 0 Å². The van der Waals surface area contributed by atoms with Gasteiger partial charge in [-0.15, -0.1) is 0 Å². The Morgan fingerprint density at radius 3 is 2.59 bits per heavy atom. The zero-order valence-corrected chi connectivity index (χ0v) is 11.4. The van der Waals surface area contributed by atoms with Gasteiger partial charge in [-0.25, -0.2) is 0 Å². The highest BCUT2D eigenvalue weighted by Crippen LogP contribution is 2.07. The van der Waals surface area contributed by atoms with Crippen molar-refractivity contribution in [1.82, 2.24) is 0 Å². The van der Waals surface area contributed by atoms with Crippen LogP contribution in [0, 0.1) is 0 Å². The molecule has 1 aromatic carbocycles. The number of nitrogens with two attached hydrogens (primary N) is 1. The first-order valence-electron chi connectivity index (χ1n) is 6.35. The van der Waals surface area contributed by atoms with Crippen LogP contribution in [0.2, 0.25) is 0 Å². The smallest absolute Gasteiger partial charge is 0.0331 e. The summed E-state index contributed by atoms with van der Waals surface area (Å²) in [5.41, 5.74) is 6.83. The van der Waals surface area contributed by atoms with E-state index in [-0.39, 0.29) is 5.25 Å². The predicted octanol–water partition coefficient (Wildman–Crippen LogP) is 2.50. The minimum atomic E-state index is -0.703. The SMILES string of the molecule is CC(CCN)S(=O)CCCCc1ccccc1. The van der Waals surface area contributed by atoms with Crippen LogP contribution < -0.4 is 5.73 Å². The highest BCUT2D eigenvalue weighted by atomic mass is 32.2. The van der Waals surface area contributed by atoms with Crippen LogP contribution in [0.3, 0.4) is 0 Å². The molecule has 0 aliphatic rings. The second kappa shape index (κ2) is 8.43. The summed E-state index contributed by atoms with van der Waals surface area (Å²) in [6.45, 7) is 2.66. The van der Waals surface area contributed by atoms with E-state index in [1.165, 1.54) is 5.56 Å². The van der Waals surface area contributed by atoms with Crippen LogP contribution in [0.5, 0.6) is 0 Å². The summed E-state index contributed by atoms with van der Waals surface area (Å²) in [6, 6.07) is 10.5. The fraction of sp³-hybridized carbons (Fsp3) is 0.571. The molecule has 1 aromatic rings. The van der Waals surface area contributed by atoms with Crippen molar-refractivity contribution in [2.45, 2.75) is 37.9 Å². The van der Waals surface area contributed by atoms with Gasteiger partial charge in [0.05, 0.1) is 0 Å². The van der Waals surface area contributed by atoms with E-state index in [2.05, 4.69) is 24.3 Å². The Kier molecular flexibility index (Phi) is 7.13. The highest BCUT2D eigenvalue weighted by molar-refractivity contribution is 7.85. The lowest BCUT2D eigenvalue weighted by Crippen LogP contribution is -2.18. The Morgan fingerprint density at radius 1 is 1.24 bits per heavy atom. The van der Waals surface area contributed by atoms with Crippen LogP contribution in [0.15, 0.2) is 30.3 Å². The summed E-state index contributed by atoms with van der Waals surface area (Å²) in [5, 5.41) is 0.247. The standard InChI is InChI=1S/C14H23NOS/c1-13(10-11-15)17(16)12-6-5-9-14-7-3-2-4-8-14/h2-4,7-8,13H,5-6,9-12,15H2,1H3. The van der Waals surface area contributed by atoms with Crippen molar-refractivity contribution in [3.63, 3.8) is 0 Å². The van der Waals surface area contributed by atoms with E-state index < -0.39 is 10.8 Å². The van der Waals surface area contributed by atoms with Crippen LogP contribution in [0.1, 0.15) is 31.7 Å². The molecule has 2 unspecified atom stereocenters. The summed E-state index contributed by atoms with van der Waals surface area (Å²) in [6.07, 6.45) is 4.11. The van der Waals surface area contributed by atoms with Gasteiger partial charge in [0.25, 0.3) is 0 Å². The third-order valence-electron chi connectivity index (χ3n) is 2.93. The molecule has 2 N–H and O–H groups in total. The zero-order valence-electron chi connectivity index (χ0n) is 10.6. The van der Waals surface area contributed by atoms with E-state index >= 15 is 0 Å². The molecule has 0 spiro atoms. The zero-order chi connectivity index (χ0) is 12.5. The van der Waals surface area contributed by atoms with E-state index in [4.69, 9.17) is 5.73 Å². The molecule has 0 saturated carbocycles. The lowest BCUT2D eigenvalue weighted by molar-refractivity contribution is 0.660. The monoisotopic (exact) mass is 253 g/mol. The second-order valence-corrected chi connectivity index (χ2v) is 6.39. The Morgan fingerprint density at radius 2 is 1.94 bits per heavy atom. The first kappa shape index (κ1) is 14.4.